The van der Waals surface area contributed by atoms with Crippen molar-refractivity contribution in [2.45, 2.75) is 6.92 Å². The van der Waals surface area contributed by atoms with Gasteiger partial charge in [-0.05, 0) is 12.5 Å². The van der Waals surface area contributed by atoms with Gasteiger partial charge in [0.05, 0.1) is 11.9 Å². The van der Waals surface area contributed by atoms with Gasteiger partial charge in [-0.1, -0.05) is 0 Å². The molecule has 0 saturated heterocycles. The van der Waals surface area contributed by atoms with Crippen molar-refractivity contribution in [1.82, 2.24) is 29.7 Å². The fourth-order valence-corrected chi connectivity index (χ4v) is 1.88. The molecule has 3 aromatic heterocycles. The summed E-state index contributed by atoms with van der Waals surface area (Å²) >= 11 is 0. The predicted molar refractivity (Wildman–Crippen MR) is 79.5 cm³/mol. The van der Waals surface area contributed by atoms with Gasteiger partial charge in [-0.3, -0.25) is 4.68 Å². The molecule has 3 aromatic rings. The van der Waals surface area contributed by atoms with Crippen molar-refractivity contribution in [3.05, 3.63) is 36.4 Å². The highest BCUT2D eigenvalue weighted by Gasteiger charge is 2.11. The van der Waals surface area contributed by atoms with Crippen LogP contribution in [0.1, 0.15) is 5.56 Å². The van der Waals surface area contributed by atoms with Crippen LogP contribution in [0.15, 0.2) is 30.9 Å². The van der Waals surface area contributed by atoms with E-state index in [0.29, 0.717) is 17.5 Å². The third kappa shape index (κ3) is 2.71. The molecule has 7 heteroatoms. The summed E-state index contributed by atoms with van der Waals surface area (Å²) < 4.78 is 1.73. The third-order valence-electron chi connectivity index (χ3n) is 2.96. The minimum absolute atomic E-state index is 0.487. The van der Waals surface area contributed by atoms with Gasteiger partial charge in [-0.15, -0.1) is 0 Å². The Morgan fingerprint density at radius 3 is 2.43 bits per heavy atom. The Kier molecular flexibility index (Phi) is 3.31. The van der Waals surface area contributed by atoms with Crippen LogP contribution in [-0.4, -0.2) is 36.8 Å². The molecule has 0 aliphatic rings. The third-order valence-corrected chi connectivity index (χ3v) is 2.96. The van der Waals surface area contributed by atoms with Crippen LogP contribution in [0.5, 0.6) is 0 Å². The number of nitrogens with one attached hydrogen (secondary N) is 1. The molecule has 0 unspecified atom stereocenters. The molecule has 0 radical (unpaired) electrons. The van der Waals surface area contributed by atoms with Crippen molar-refractivity contribution in [1.29, 1.82) is 0 Å². The van der Waals surface area contributed by atoms with Crippen LogP contribution < -0.4 is 5.32 Å². The minimum Gasteiger partial charge on any atom is -0.373 e. The second kappa shape index (κ2) is 5.28. The SMILES string of the molecule is CNc1cc(-c2cnn(C)c2)nc(-c2ncc(C)cn2)n1. The Morgan fingerprint density at radius 1 is 1.05 bits per heavy atom. The van der Waals surface area contributed by atoms with Gasteiger partial charge < -0.3 is 5.32 Å². The summed E-state index contributed by atoms with van der Waals surface area (Å²) in [6.45, 7) is 1.94. The molecule has 21 heavy (non-hydrogen) atoms. The van der Waals surface area contributed by atoms with Crippen molar-refractivity contribution in [3.63, 3.8) is 0 Å². The Morgan fingerprint density at radius 2 is 1.81 bits per heavy atom. The number of hydrogen-bond acceptors (Lipinski definition) is 6. The first kappa shape index (κ1) is 13.2. The number of aryl methyl sites for hydroxylation is 2. The highest BCUT2D eigenvalue weighted by Crippen LogP contribution is 2.22. The molecule has 0 saturated carbocycles. The van der Waals surface area contributed by atoms with Gasteiger partial charge in [-0.2, -0.15) is 5.10 Å². The normalized spacial score (nSPS) is 10.6. The van der Waals surface area contributed by atoms with Gasteiger partial charge in [0.15, 0.2) is 11.6 Å². The molecule has 0 aromatic carbocycles. The van der Waals surface area contributed by atoms with E-state index < -0.39 is 0 Å². The number of hydrogen-bond donors (Lipinski definition) is 1. The van der Waals surface area contributed by atoms with Crippen LogP contribution in [0.4, 0.5) is 5.82 Å². The van der Waals surface area contributed by atoms with Crippen LogP contribution in [0.25, 0.3) is 22.9 Å². The average Bonchev–Trinajstić information content (AvgIpc) is 2.94. The smallest absolute Gasteiger partial charge is 0.200 e. The maximum absolute atomic E-state index is 4.54. The number of nitrogens with zero attached hydrogens (tertiary/aromatic N) is 6. The Labute approximate surface area is 122 Å². The van der Waals surface area contributed by atoms with Crippen molar-refractivity contribution < 1.29 is 0 Å². The summed E-state index contributed by atoms with van der Waals surface area (Å²) in [5, 5.41) is 7.20. The number of aromatic nitrogens is 6. The zero-order valence-corrected chi connectivity index (χ0v) is 12.1. The van der Waals surface area contributed by atoms with E-state index in [-0.39, 0.29) is 0 Å². The molecule has 106 valence electrons. The topological polar surface area (TPSA) is 81.4 Å². The standard InChI is InChI=1S/C14H15N7/c1-9-5-16-13(17-6-9)14-19-11(4-12(15-2)20-14)10-7-18-21(3)8-10/h4-8H,1-3H3,(H,15,19,20). The molecule has 0 amide bonds. The lowest BCUT2D eigenvalue weighted by molar-refractivity contribution is 0.768. The molecule has 0 atom stereocenters. The van der Waals surface area contributed by atoms with Crippen LogP contribution in [0.2, 0.25) is 0 Å². The Balaban J connectivity index is 2.10. The quantitative estimate of drug-likeness (QED) is 0.786. The molecule has 3 heterocycles. The predicted octanol–water partition coefficient (Wildman–Crippen LogP) is 1.68. The van der Waals surface area contributed by atoms with Gasteiger partial charge in [0, 0.05) is 44.3 Å². The van der Waals surface area contributed by atoms with E-state index in [1.807, 2.05) is 33.3 Å². The number of anilines is 1. The minimum atomic E-state index is 0.487. The summed E-state index contributed by atoms with van der Waals surface area (Å²) in [4.78, 5) is 17.5. The monoisotopic (exact) mass is 281 g/mol. The summed E-state index contributed by atoms with van der Waals surface area (Å²) in [5.74, 6) is 1.70. The first-order valence-corrected chi connectivity index (χ1v) is 6.50. The van der Waals surface area contributed by atoms with Gasteiger partial charge in [0.25, 0.3) is 0 Å². The van der Waals surface area contributed by atoms with E-state index in [2.05, 4.69) is 30.4 Å². The van der Waals surface area contributed by atoms with E-state index in [9.17, 15) is 0 Å². The van der Waals surface area contributed by atoms with E-state index in [0.717, 1.165) is 16.8 Å². The first-order chi connectivity index (χ1) is 10.2. The second-order valence-corrected chi connectivity index (χ2v) is 4.70. The number of rotatable bonds is 3. The van der Waals surface area contributed by atoms with Crippen LogP contribution in [0.3, 0.4) is 0 Å². The Bertz CT molecular complexity index is 761. The molecule has 0 bridgehead atoms. The largest absolute Gasteiger partial charge is 0.373 e. The second-order valence-electron chi connectivity index (χ2n) is 4.70. The van der Waals surface area contributed by atoms with E-state index in [4.69, 9.17) is 0 Å². The lowest BCUT2D eigenvalue weighted by atomic mass is 10.2. The molecule has 1 N–H and O–H groups in total. The molecule has 0 spiro atoms. The van der Waals surface area contributed by atoms with Gasteiger partial charge in [0.1, 0.15) is 5.82 Å². The zero-order valence-electron chi connectivity index (χ0n) is 12.1. The maximum Gasteiger partial charge on any atom is 0.200 e. The summed E-state index contributed by atoms with van der Waals surface area (Å²) in [7, 11) is 3.68. The summed E-state index contributed by atoms with van der Waals surface area (Å²) in [6.07, 6.45) is 7.17. The summed E-state index contributed by atoms with van der Waals surface area (Å²) in [6, 6.07) is 1.87. The molecule has 0 aliphatic carbocycles. The highest BCUT2D eigenvalue weighted by molar-refractivity contribution is 5.64. The van der Waals surface area contributed by atoms with Gasteiger partial charge in [0.2, 0.25) is 0 Å². The van der Waals surface area contributed by atoms with Gasteiger partial charge in [-0.25, -0.2) is 19.9 Å². The lowest BCUT2D eigenvalue weighted by Crippen LogP contribution is -2.01. The van der Waals surface area contributed by atoms with Crippen LogP contribution in [-0.2, 0) is 7.05 Å². The van der Waals surface area contributed by atoms with E-state index in [1.54, 1.807) is 23.3 Å². The summed E-state index contributed by atoms with van der Waals surface area (Å²) in [5.41, 5.74) is 2.70. The molecule has 0 aliphatic heterocycles. The van der Waals surface area contributed by atoms with Crippen molar-refractivity contribution in [2.75, 3.05) is 12.4 Å². The molecule has 0 fully saturated rings. The lowest BCUT2D eigenvalue weighted by Gasteiger charge is -2.06. The molecular formula is C14H15N7. The first-order valence-electron chi connectivity index (χ1n) is 6.50. The fourth-order valence-electron chi connectivity index (χ4n) is 1.88. The van der Waals surface area contributed by atoms with Crippen LogP contribution in [0, 0.1) is 6.92 Å². The van der Waals surface area contributed by atoms with Crippen LogP contribution >= 0.6 is 0 Å². The maximum atomic E-state index is 4.54. The zero-order chi connectivity index (χ0) is 14.8. The fraction of sp³-hybridized carbons (Fsp3) is 0.214. The molecule has 3 rings (SSSR count). The molecule has 7 nitrogen and oxygen atoms in total. The van der Waals surface area contributed by atoms with Crippen molar-refractivity contribution in [3.8, 4) is 22.9 Å². The van der Waals surface area contributed by atoms with E-state index in [1.165, 1.54) is 0 Å². The Hall–Kier alpha value is -2.83. The van der Waals surface area contributed by atoms with Gasteiger partial charge >= 0.3 is 0 Å². The van der Waals surface area contributed by atoms with Crippen molar-refractivity contribution >= 4 is 5.82 Å². The molecular weight excluding hydrogens is 266 g/mol. The highest BCUT2D eigenvalue weighted by atomic mass is 15.2. The van der Waals surface area contributed by atoms with Crippen molar-refractivity contribution in [2.24, 2.45) is 7.05 Å². The average molecular weight is 281 g/mol. The van der Waals surface area contributed by atoms with E-state index >= 15 is 0 Å².